The molecule has 2 rings (SSSR count). The average molecular weight is 237 g/mol. The standard InChI is InChI=1S/C13H19NOS/c1-13(2,3)12(15)14-7-4-5-11(14)10-6-8-16-9-10/h6,8-9,11H,4-5,7H2,1-3H3/t11-/m0/s1. The minimum Gasteiger partial charge on any atom is -0.335 e. The molecule has 0 N–H and O–H groups in total. The molecule has 1 aromatic rings. The second-order valence-electron chi connectivity index (χ2n) is 5.46. The molecule has 1 saturated heterocycles. The van der Waals surface area contributed by atoms with Gasteiger partial charge in [0.2, 0.25) is 5.91 Å². The highest BCUT2D eigenvalue weighted by molar-refractivity contribution is 7.07. The molecule has 2 nitrogen and oxygen atoms in total. The summed E-state index contributed by atoms with van der Waals surface area (Å²) >= 11 is 1.71. The van der Waals surface area contributed by atoms with Crippen molar-refractivity contribution in [2.75, 3.05) is 6.54 Å². The molecule has 0 aromatic carbocycles. The van der Waals surface area contributed by atoms with Crippen LogP contribution in [-0.4, -0.2) is 17.4 Å². The Bertz CT molecular complexity index is 364. The minimum atomic E-state index is -0.265. The van der Waals surface area contributed by atoms with Crippen LogP contribution in [0.3, 0.4) is 0 Å². The third kappa shape index (κ3) is 2.14. The van der Waals surface area contributed by atoms with E-state index in [0.29, 0.717) is 6.04 Å². The molecule has 1 amide bonds. The number of hydrogen-bond acceptors (Lipinski definition) is 2. The molecule has 1 atom stereocenters. The number of likely N-dealkylation sites (tertiary alicyclic amines) is 1. The molecular formula is C13H19NOS. The lowest BCUT2D eigenvalue weighted by atomic mass is 9.94. The van der Waals surface area contributed by atoms with E-state index >= 15 is 0 Å². The van der Waals surface area contributed by atoms with Crippen LogP contribution in [0.15, 0.2) is 16.8 Å². The van der Waals surface area contributed by atoms with Gasteiger partial charge in [-0.25, -0.2) is 0 Å². The maximum absolute atomic E-state index is 12.3. The molecule has 1 aliphatic rings. The first-order valence-electron chi connectivity index (χ1n) is 5.83. The van der Waals surface area contributed by atoms with Crippen molar-refractivity contribution in [2.45, 2.75) is 39.7 Å². The summed E-state index contributed by atoms with van der Waals surface area (Å²) in [5, 5.41) is 4.26. The Hall–Kier alpha value is -0.830. The van der Waals surface area contributed by atoms with Gasteiger partial charge in [-0.05, 0) is 35.2 Å². The van der Waals surface area contributed by atoms with Crippen molar-refractivity contribution in [3.63, 3.8) is 0 Å². The molecule has 0 spiro atoms. The first kappa shape index (κ1) is 11.6. The fraction of sp³-hybridized carbons (Fsp3) is 0.615. The first-order valence-corrected chi connectivity index (χ1v) is 6.77. The van der Waals surface area contributed by atoms with Crippen LogP contribution >= 0.6 is 11.3 Å². The zero-order valence-electron chi connectivity index (χ0n) is 10.2. The van der Waals surface area contributed by atoms with Gasteiger partial charge in [0.05, 0.1) is 6.04 Å². The van der Waals surface area contributed by atoms with E-state index in [2.05, 4.69) is 21.7 Å². The van der Waals surface area contributed by atoms with Crippen LogP contribution in [0.2, 0.25) is 0 Å². The van der Waals surface area contributed by atoms with Crippen molar-refractivity contribution in [2.24, 2.45) is 5.41 Å². The van der Waals surface area contributed by atoms with Crippen molar-refractivity contribution < 1.29 is 4.79 Å². The topological polar surface area (TPSA) is 20.3 Å². The van der Waals surface area contributed by atoms with E-state index in [9.17, 15) is 4.79 Å². The van der Waals surface area contributed by atoms with Crippen LogP contribution < -0.4 is 0 Å². The predicted molar refractivity (Wildman–Crippen MR) is 67.5 cm³/mol. The lowest BCUT2D eigenvalue weighted by Gasteiger charge is -2.30. The molecule has 0 radical (unpaired) electrons. The molecule has 0 unspecified atom stereocenters. The number of carbonyl (C=O) groups is 1. The summed E-state index contributed by atoms with van der Waals surface area (Å²) in [6.45, 7) is 6.91. The lowest BCUT2D eigenvalue weighted by Crippen LogP contribution is -2.38. The molecule has 1 aliphatic heterocycles. The second kappa shape index (κ2) is 4.21. The van der Waals surface area contributed by atoms with Gasteiger partial charge >= 0.3 is 0 Å². The van der Waals surface area contributed by atoms with Crippen LogP contribution in [0.4, 0.5) is 0 Å². The molecule has 0 bridgehead atoms. The summed E-state index contributed by atoms with van der Waals surface area (Å²) in [6.07, 6.45) is 2.24. The van der Waals surface area contributed by atoms with E-state index in [-0.39, 0.29) is 11.3 Å². The second-order valence-corrected chi connectivity index (χ2v) is 6.24. The number of hydrogen-bond donors (Lipinski definition) is 0. The van der Waals surface area contributed by atoms with E-state index in [1.165, 1.54) is 5.56 Å². The monoisotopic (exact) mass is 237 g/mol. The molecule has 0 aliphatic carbocycles. The van der Waals surface area contributed by atoms with Crippen molar-refractivity contribution >= 4 is 17.2 Å². The third-order valence-corrected chi connectivity index (χ3v) is 3.78. The molecule has 16 heavy (non-hydrogen) atoms. The van der Waals surface area contributed by atoms with E-state index in [1.807, 2.05) is 20.8 Å². The van der Waals surface area contributed by atoms with Gasteiger partial charge in [0.1, 0.15) is 0 Å². The number of rotatable bonds is 1. The zero-order valence-corrected chi connectivity index (χ0v) is 11.0. The quantitative estimate of drug-likeness (QED) is 0.732. The van der Waals surface area contributed by atoms with Crippen molar-refractivity contribution in [1.29, 1.82) is 0 Å². The lowest BCUT2D eigenvalue weighted by molar-refractivity contribution is -0.140. The summed E-state index contributed by atoms with van der Waals surface area (Å²) in [7, 11) is 0. The third-order valence-electron chi connectivity index (χ3n) is 3.08. The Morgan fingerprint density at radius 1 is 1.50 bits per heavy atom. The summed E-state index contributed by atoms with van der Waals surface area (Å²) in [6, 6.07) is 2.46. The van der Waals surface area contributed by atoms with E-state index in [4.69, 9.17) is 0 Å². The molecule has 0 saturated carbocycles. The largest absolute Gasteiger partial charge is 0.335 e. The first-order chi connectivity index (χ1) is 7.50. The summed E-state index contributed by atoms with van der Waals surface area (Å²) < 4.78 is 0. The van der Waals surface area contributed by atoms with Gasteiger partial charge in [0.15, 0.2) is 0 Å². The Balaban J connectivity index is 2.19. The number of carbonyl (C=O) groups excluding carboxylic acids is 1. The van der Waals surface area contributed by atoms with Crippen molar-refractivity contribution in [1.82, 2.24) is 4.90 Å². The molecule has 3 heteroatoms. The Labute approximate surface area is 101 Å². The summed E-state index contributed by atoms with van der Waals surface area (Å²) in [5.41, 5.74) is 1.04. The van der Waals surface area contributed by atoms with Gasteiger partial charge in [-0.2, -0.15) is 11.3 Å². The number of thiophene rings is 1. The van der Waals surface area contributed by atoms with Gasteiger partial charge in [0.25, 0.3) is 0 Å². The molecule has 1 fully saturated rings. The van der Waals surface area contributed by atoms with Gasteiger partial charge in [0, 0.05) is 12.0 Å². The van der Waals surface area contributed by atoms with Crippen LogP contribution in [0.5, 0.6) is 0 Å². The Kier molecular flexibility index (Phi) is 3.06. The Morgan fingerprint density at radius 3 is 2.81 bits per heavy atom. The van der Waals surface area contributed by atoms with E-state index in [1.54, 1.807) is 11.3 Å². The van der Waals surface area contributed by atoms with Crippen LogP contribution in [-0.2, 0) is 4.79 Å². The maximum atomic E-state index is 12.3. The smallest absolute Gasteiger partial charge is 0.228 e. The highest BCUT2D eigenvalue weighted by Crippen LogP contribution is 2.35. The average Bonchev–Trinajstić information content (AvgIpc) is 2.85. The van der Waals surface area contributed by atoms with Crippen molar-refractivity contribution in [3.05, 3.63) is 22.4 Å². The van der Waals surface area contributed by atoms with Crippen molar-refractivity contribution in [3.8, 4) is 0 Å². The maximum Gasteiger partial charge on any atom is 0.228 e. The fourth-order valence-electron chi connectivity index (χ4n) is 2.25. The Morgan fingerprint density at radius 2 is 2.25 bits per heavy atom. The SMILES string of the molecule is CC(C)(C)C(=O)N1CCC[C@H]1c1ccsc1. The zero-order chi connectivity index (χ0) is 11.8. The fourth-order valence-corrected chi connectivity index (χ4v) is 2.96. The molecule has 1 aromatic heterocycles. The summed E-state index contributed by atoms with van der Waals surface area (Å²) in [4.78, 5) is 14.4. The molecular weight excluding hydrogens is 218 g/mol. The molecule has 2 heterocycles. The van der Waals surface area contributed by atoms with Gasteiger partial charge in [-0.1, -0.05) is 20.8 Å². The molecule has 88 valence electrons. The van der Waals surface area contributed by atoms with Gasteiger partial charge in [-0.3, -0.25) is 4.79 Å². The highest BCUT2D eigenvalue weighted by Gasteiger charge is 2.35. The van der Waals surface area contributed by atoms with Crippen LogP contribution in [0.25, 0.3) is 0 Å². The predicted octanol–water partition coefficient (Wildman–Crippen LogP) is 3.46. The van der Waals surface area contributed by atoms with Crippen LogP contribution in [0.1, 0.15) is 45.2 Å². The highest BCUT2D eigenvalue weighted by atomic mass is 32.1. The number of nitrogens with zero attached hydrogens (tertiary/aromatic N) is 1. The van der Waals surface area contributed by atoms with Crippen LogP contribution in [0, 0.1) is 5.41 Å². The van der Waals surface area contributed by atoms with Gasteiger partial charge < -0.3 is 4.90 Å². The van der Waals surface area contributed by atoms with Gasteiger partial charge in [-0.15, -0.1) is 0 Å². The number of amides is 1. The summed E-state index contributed by atoms with van der Waals surface area (Å²) in [5.74, 6) is 0.279. The van der Waals surface area contributed by atoms with E-state index < -0.39 is 0 Å². The van der Waals surface area contributed by atoms with E-state index in [0.717, 1.165) is 19.4 Å². The minimum absolute atomic E-state index is 0.265. The normalized spacial score (nSPS) is 21.4.